The van der Waals surface area contributed by atoms with Gasteiger partial charge in [0.1, 0.15) is 12.4 Å². The fraction of sp³-hybridized carbons (Fsp3) is 0.333. The van der Waals surface area contributed by atoms with Crippen LogP contribution < -0.4 is 10.5 Å². The third-order valence-electron chi connectivity index (χ3n) is 4.08. The van der Waals surface area contributed by atoms with Crippen LogP contribution in [0.3, 0.4) is 0 Å². The highest BCUT2D eigenvalue weighted by molar-refractivity contribution is 5.51. The van der Waals surface area contributed by atoms with E-state index >= 15 is 0 Å². The molecule has 21 heavy (non-hydrogen) atoms. The molecule has 0 spiro atoms. The van der Waals surface area contributed by atoms with E-state index in [1.54, 1.807) is 0 Å². The topological polar surface area (TPSA) is 38.5 Å². The summed E-state index contributed by atoms with van der Waals surface area (Å²) in [6, 6.07) is 14.4. The Morgan fingerprint density at radius 2 is 1.95 bits per heavy atom. The number of rotatable bonds is 4. The van der Waals surface area contributed by atoms with Crippen molar-refractivity contribution in [2.75, 3.05) is 25.4 Å². The number of ether oxygens (including phenoxy) is 1. The molecule has 0 unspecified atom stereocenters. The summed E-state index contributed by atoms with van der Waals surface area (Å²) in [5.74, 6) is 0.947. The molecule has 3 rings (SSSR count). The van der Waals surface area contributed by atoms with E-state index in [1.165, 1.54) is 16.7 Å². The van der Waals surface area contributed by atoms with Gasteiger partial charge in [0.05, 0.1) is 0 Å². The molecule has 0 amide bonds. The second-order valence-electron chi connectivity index (χ2n) is 5.67. The highest BCUT2D eigenvalue weighted by atomic mass is 16.5. The van der Waals surface area contributed by atoms with E-state index in [9.17, 15) is 0 Å². The molecule has 2 aromatic rings. The Balaban J connectivity index is 1.52. The quantitative estimate of drug-likeness (QED) is 0.876. The molecule has 3 heteroatoms. The zero-order valence-electron chi connectivity index (χ0n) is 12.5. The van der Waals surface area contributed by atoms with Crippen molar-refractivity contribution >= 4 is 5.69 Å². The van der Waals surface area contributed by atoms with Gasteiger partial charge in [-0.2, -0.15) is 0 Å². The van der Waals surface area contributed by atoms with Gasteiger partial charge in [0, 0.05) is 25.3 Å². The van der Waals surface area contributed by atoms with Gasteiger partial charge < -0.3 is 10.5 Å². The molecular formula is C18H22N2O. The van der Waals surface area contributed by atoms with Crippen molar-refractivity contribution in [1.29, 1.82) is 0 Å². The largest absolute Gasteiger partial charge is 0.492 e. The predicted octanol–water partition coefficient (Wildman–Crippen LogP) is 3.01. The Kier molecular flexibility index (Phi) is 4.11. The SMILES string of the molecule is Cc1ccc(OCCN2CCc3c(N)cccc3C2)cc1. The van der Waals surface area contributed by atoms with Gasteiger partial charge in [0.15, 0.2) is 0 Å². The van der Waals surface area contributed by atoms with Gasteiger partial charge in [0.2, 0.25) is 0 Å². The zero-order chi connectivity index (χ0) is 14.7. The lowest BCUT2D eigenvalue weighted by Gasteiger charge is -2.29. The number of nitrogens with zero attached hydrogens (tertiary/aromatic N) is 1. The molecule has 1 aliphatic heterocycles. The Hall–Kier alpha value is -2.00. The number of aryl methyl sites for hydroxylation is 1. The van der Waals surface area contributed by atoms with Gasteiger partial charge >= 0.3 is 0 Å². The summed E-state index contributed by atoms with van der Waals surface area (Å²) in [5.41, 5.74) is 10.9. The average molecular weight is 282 g/mol. The molecule has 0 aromatic heterocycles. The third-order valence-corrected chi connectivity index (χ3v) is 4.08. The lowest BCUT2D eigenvalue weighted by Crippen LogP contribution is -2.34. The van der Waals surface area contributed by atoms with E-state index in [0.717, 1.165) is 44.1 Å². The molecule has 1 heterocycles. The van der Waals surface area contributed by atoms with E-state index in [0.29, 0.717) is 0 Å². The minimum atomic E-state index is 0.723. The molecule has 0 aliphatic carbocycles. The minimum Gasteiger partial charge on any atom is -0.492 e. The van der Waals surface area contributed by atoms with Crippen LogP contribution in [-0.4, -0.2) is 24.6 Å². The summed E-state index contributed by atoms with van der Waals surface area (Å²) in [5, 5.41) is 0. The second kappa shape index (κ2) is 6.19. The lowest BCUT2D eigenvalue weighted by atomic mass is 9.98. The van der Waals surface area contributed by atoms with Crippen molar-refractivity contribution in [2.24, 2.45) is 0 Å². The van der Waals surface area contributed by atoms with Crippen LogP contribution in [0, 0.1) is 6.92 Å². The van der Waals surface area contributed by atoms with E-state index in [2.05, 4.69) is 30.0 Å². The summed E-state index contributed by atoms with van der Waals surface area (Å²) < 4.78 is 5.81. The van der Waals surface area contributed by atoms with Gasteiger partial charge in [-0.15, -0.1) is 0 Å². The van der Waals surface area contributed by atoms with Gasteiger partial charge in [0.25, 0.3) is 0 Å². The van der Waals surface area contributed by atoms with Crippen LogP contribution >= 0.6 is 0 Å². The number of benzene rings is 2. The highest BCUT2D eigenvalue weighted by Crippen LogP contribution is 2.23. The monoisotopic (exact) mass is 282 g/mol. The molecule has 1 aliphatic rings. The van der Waals surface area contributed by atoms with Crippen LogP contribution in [-0.2, 0) is 13.0 Å². The predicted molar refractivity (Wildman–Crippen MR) is 86.5 cm³/mol. The Morgan fingerprint density at radius 3 is 2.76 bits per heavy atom. The molecule has 0 radical (unpaired) electrons. The first-order chi connectivity index (χ1) is 10.2. The molecule has 0 atom stereocenters. The normalized spacial score (nSPS) is 14.7. The number of nitrogens with two attached hydrogens (primary N) is 1. The number of fused-ring (bicyclic) bond motifs is 1. The molecule has 0 saturated heterocycles. The Morgan fingerprint density at radius 1 is 1.14 bits per heavy atom. The van der Waals surface area contributed by atoms with E-state index in [4.69, 9.17) is 10.5 Å². The van der Waals surface area contributed by atoms with Crippen LogP contribution in [0.5, 0.6) is 5.75 Å². The molecule has 3 nitrogen and oxygen atoms in total. The molecule has 2 aromatic carbocycles. The molecule has 0 fully saturated rings. The average Bonchev–Trinajstić information content (AvgIpc) is 2.49. The zero-order valence-corrected chi connectivity index (χ0v) is 12.5. The van der Waals surface area contributed by atoms with Crippen molar-refractivity contribution in [3.05, 3.63) is 59.2 Å². The fourth-order valence-electron chi connectivity index (χ4n) is 2.82. The standard InChI is InChI=1S/C18H22N2O/c1-14-5-7-16(8-6-14)21-12-11-20-10-9-17-15(13-20)3-2-4-18(17)19/h2-8H,9-13,19H2,1H3. The van der Waals surface area contributed by atoms with Gasteiger partial charge in [-0.25, -0.2) is 0 Å². The van der Waals surface area contributed by atoms with Gasteiger partial charge in [-0.1, -0.05) is 29.8 Å². The van der Waals surface area contributed by atoms with Crippen LogP contribution in [0.1, 0.15) is 16.7 Å². The van der Waals surface area contributed by atoms with Crippen molar-refractivity contribution < 1.29 is 4.74 Å². The van der Waals surface area contributed by atoms with Gasteiger partial charge in [-0.3, -0.25) is 4.90 Å². The van der Waals surface area contributed by atoms with Gasteiger partial charge in [-0.05, 0) is 42.7 Å². The maximum atomic E-state index is 6.03. The van der Waals surface area contributed by atoms with Crippen LogP contribution in [0.2, 0.25) is 0 Å². The van der Waals surface area contributed by atoms with Crippen LogP contribution in [0.25, 0.3) is 0 Å². The molecule has 2 N–H and O–H groups in total. The second-order valence-corrected chi connectivity index (χ2v) is 5.67. The summed E-state index contributed by atoms with van der Waals surface area (Å²) >= 11 is 0. The maximum Gasteiger partial charge on any atom is 0.119 e. The lowest BCUT2D eigenvalue weighted by molar-refractivity contribution is 0.196. The molecule has 110 valence electrons. The molecule has 0 bridgehead atoms. The number of nitrogen functional groups attached to an aromatic ring is 1. The summed E-state index contributed by atoms with van der Waals surface area (Å²) in [6.45, 7) is 5.78. The first-order valence-corrected chi connectivity index (χ1v) is 7.50. The summed E-state index contributed by atoms with van der Waals surface area (Å²) in [7, 11) is 0. The van der Waals surface area contributed by atoms with Crippen molar-refractivity contribution in [2.45, 2.75) is 19.9 Å². The minimum absolute atomic E-state index is 0.723. The van der Waals surface area contributed by atoms with Crippen LogP contribution in [0.15, 0.2) is 42.5 Å². The van der Waals surface area contributed by atoms with Crippen molar-refractivity contribution in [3.8, 4) is 5.75 Å². The highest BCUT2D eigenvalue weighted by Gasteiger charge is 2.17. The number of hydrogen-bond donors (Lipinski definition) is 1. The number of anilines is 1. The maximum absolute atomic E-state index is 6.03. The first-order valence-electron chi connectivity index (χ1n) is 7.50. The molecule has 0 saturated carbocycles. The first kappa shape index (κ1) is 14.0. The summed E-state index contributed by atoms with van der Waals surface area (Å²) in [6.07, 6.45) is 1.03. The third kappa shape index (κ3) is 3.37. The fourth-order valence-corrected chi connectivity index (χ4v) is 2.82. The van der Waals surface area contributed by atoms with Crippen molar-refractivity contribution in [1.82, 2.24) is 4.90 Å². The smallest absolute Gasteiger partial charge is 0.119 e. The van der Waals surface area contributed by atoms with Crippen molar-refractivity contribution in [3.63, 3.8) is 0 Å². The van der Waals surface area contributed by atoms with E-state index in [1.807, 2.05) is 24.3 Å². The summed E-state index contributed by atoms with van der Waals surface area (Å²) in [4.78, 5) is 2.43. The van der Waals surface area contributed by atoms with E-state index in [-0.39, 0.29) is 0 Å². The van der Waals surface area contributed by atoms with E-state index < -0.39 is 0 Å². The Labute approximate surface area is 126 Å². The van der Waals surface area contributed by atoms with Crippen LogP contribution in [0.4, 0.5) is 5.69 Å². The Bertz CT molecular complexity index is 607. The number of hydrogen-bond acceptors (Lipinski definition) is 3. The molecular weight excluding hydrogens is 260 g/mol.